The van der Waals surface area contributed by atoms with Gasteiger partial charge in [0.1, 0.15) is 5.82 Å². The standard InChI is InChI=1S/C29H41N5O5S/c1-5-21-15-22(33-16-20(17-33)14-27(36)39-3)8-9-23(21)25-11-10-24(29(37)31-25)28(32-26(35)18-40(4)38)34(30-2)13-12-19-6-7-19/h8-9,15,19-20,25H,2,5-7,10-14,16-18H2,1,3-4H3,(H,31,37)(H,32,35)/b28-24+. The van der Waals surface area contributed by atoms with E-state index < -0.39 is 17.1 Å². The lowest BCUT2D eigenvalue weighted by atomic mass is 9.89. The van der Waals surface area contributed by atoms with Gasteiger partial charge in [0.05, 0.1) is 31.4 Å². The van der Waals surface area contributed by atoms with Gasteiger partial charge in [-0.25, -0.2) is 5.01 Å². The highest BCUT2D eigenvalue weighted by Gasteiger charge is 2.33. The van der Waals surface area contributed by atoms with Crippen molar-refractivity contribution in [3.63, 3.8) is 0 Å². The first-order valence-corrected chi connectivity index (χ1v) is 15.8. The van der Waals surface area contributed by atoms with Gasteiger partial charge in [0.15, 0.2) is 5.75 Å². The summed E-state index contributed by atoms with van der Waals surface area (Å²) in [6, 6.07) is 6.20. The zero-order valence-corrected chi connectivity index (χ0v) is 24.6. The summed E-state index contributed by atoms with van der Waals surface area (Å²) in [6.45, 7) is 7.98. The lowest BCUT2D eigenvalue weighted by molar-refractivity contribution is -0.142. The van der Waals surface area contributed by atoms with Crippen molar-refractivity contribution >= 4 is 41.4 Å². The molecule has 1 aromatic rings. The molecule has 0 radical (unpaired) electrons. The van der Waals surface area contributed by atoms with Crippen LogP contribution < -0.4 is 15.5 Å². The molecule has 3 aliphatic rings. The first-order valence-electron chi connectivity index (χ1n) is 14.0. The minimum atomic E-state index is -1.31. The number of hydrogen-bond donors (Lipinski definition) is 2. The van der Waals surface area contributed by atoms with Crippen LogP contribution >= 0.6 is 0 Å². The van der Waals surface area contributed by atoms with Crippen LogP contribution in [-0.2, 0) is 36.7 Å². The number of anilines is 1. The van der Waals surface area contributed by atoms with Crippen LogP contribution in [0.1, 0.15) is 62.6 Å². The van der Waals surface area contributed by atoms with Gasteiger partial charge in [-0.15, -0.1) is 0 Å². The molecule has 2 amide bonds. The smallest absolute Gasteiger partial charge is 0.305 e. The minimum absolute atomic E-state index is 0.151. The van der Waals surface area contributed by atoms with E-state index in [1.807, 2.05) is 0 Å². The second kappa shape index (κ2) is 13.5. The van der Waals surface area contributed by atoms with E-state index in [0.717, 1.165) is 37.2 Å². The average molecular weight is 572 g/mol. The van der Waals surface area contributed by atoms with Gasteiger partial charge in [-0.2, -0.15) is 5.10 Å². The maximum Gasteiger partial charge on any atom is 0.305 e. The summed E-state index contributed by atoms with van der Waals surface area (Å²) in [7, 11) is 1.42. The number of nitrogens with one attached hydrogen (secondary N) is 2. The second-order valence-electron chi connectivity index (χ2n) is 10.9. The van der Waals surface area contributed by atoms with Crippen molar-refractivity contribution in [1.29, 1.82) is 0 Å². The zero-order chi connectivity index (χ0) is 28.8. The molecule has 4 rings (SSSR count). The molecule has 1 saturated carbocycles. The molecule has 2 saturated heterocycles. The van der Waals surface area contributed by atoms with Crippen LogP contribution in [0.2, 0.25) is 0 Å². The van der Waals surface area contributed by atoms with Crippen molar-refractivity contribution < 1.29 is 23.7 Å². The van der Waals surface area contributed by atoms with E-state index >= 15 is 0 Å². The molecule has 40 heavy (non-hydrogen) atoms. The highest BCUT2D eigenvalue weighted by molar-refractivity contribution is 7.91. The third kappa shape index (κ3) is 7.57. The van der Waals surface area contributed by atoms with Crippen LogP contribution in [0.15, 0.2) is 34.7 Å². The number of ether oxygens (including phenoxy) is 1. The first-order chi connectivity index (χ1) is 19.2. The number of carbonyl (C=O) groups is 3. The maximum absolute atomic E-state index is 13.5. The molecule has 2 N–H and O–H groups in total. The van der Waals surface area contributed by atoms with Crippen molar-refractivity contribution in [2.45, 2.75) is 57.9 Å². The number of hydrazone groups is 1. The third-order valence-corrected chi connectivity index (χ3v) is 8.57. The summed E-state index contributed by atoms with van der Waals surface area (Å²) in [4.78, 5) is 39.8. The zero-order valence-electron chi connectivity index (χ0n) is 23.7. The predicted molar refractivity (Wildman–Crippen MR) is 156 cm³/mol. The number of aryl methyl sites for hydroxylation is 1. The van der Waals surface area contributed by atoms with Crippen molar-refractivity contribution in [2.24, 2.45) is 16.9 Å². The molecular weight excluding hydrogens is 530 g/mol. The van der Waals surface area contributed by atoms with E-state index in [4.69, 9.17) is 4.74 Å². The van der Waals surface area contributed by atoms with Crippen LogP contribution in [0.25, 0.3) is 0 Å². The number of methoxy groups -OCH3 is 1. The summed E-state index contributed by atoms with van der Waals surface area (Å²) < 4.78 is 16.4. The van der Waals surface area contributed by atoms with E-state index in [9.17, 15) is 18.9 Å². The number of hydrogen-bond acceptors (Lipinski definition) is 8. The van der Waals surface area contributed by atoms with Crippen molar-refractivity contribution in [2.75, 3.05) is 43.7 Å². The molecule has 2 aliphatic heterocycles. The Balaban J connectivity index is 1.48. The fourth-order valence-corrected chi connectivity index (χ4v) is 5.90. The predicted octanol–water partition coefficient (Wildman–Crippen LogP) is 2.62. The lowest BCUT2D eigenvalue weighted by Crippen LogP contribution is -2.47. The minimum Gasteiger partial charge on any atom is -0.616 e. The molecule has 218 valence electrons. The van der Waals surface area contributed by atoms with Gasteiger partial charge in [-0.05, 0) is 66.0 Å². The number of esters is 1. The summed E-state index contributed by atoms with van der Waals surface area (Å²) in [5, 5.41) is 11.7. The largest absolute Gasteiger partial charge is 0.616 e. The second-order valence-corrected chi connectivity index (χ2v) is 12.4. The highest BCUT2D eigenvalue weighted by atomic mass is 32.2. The van der Waals surface area contributed by atoms with Gasteiger partial charge in [0.25, 0.3) is 11.8 Å². The van der Waals surface area contributed by atoms with Gasteiger partial charge < -0.3 is 24.8 Å². The van der Waals surface area contributed by atoms with Crippen molar-refractivity contribution in [1.82, 2.24) is 15.6 Å². The number of piperidine rings is 1. The van der Waals surface area contributed by atoms with E-state index in [2.05, 4.69) is 52.5 Å². The summed E-state index contributed by atoms with van der Waals surface area (Å²) in [5.41, 5.74) is 3.83. The Labute approximate surface area is 239 Å². The van der Waals surface area contributed by atoms with Crippen LogP contribution in [0.4, 0.5) is 5.69 Å². The monoisotopic (exact) mass is 571 g/mol. The first kappa shape index (κ1) is 29.9. The van der Waals surface area contributed by atoms with E-state index in [1.54, 1.807) is 5.01 Å². The molecule has 1 aliphatic carbocycles. The van der Waals surface area contributed by atoms with Gasteiger partial charge >= 0.3 is 5.97 Å². The number of amides is 2. The summed E-state index contributed by atoms with van der Waals surface area (Å²) in [6.07, 6.45) is 7.14. The molecule has 2 unspecified atom stereocenters. The Bertz CT molecular complexity index is 1150. The topological polar surface area (TPSA) is 126 Å². The maximum atomic E-state index is 13.5. The lowest BCUT2D eigenvalue weighted by Gasteiger charge is -2.41. The van der Waals surface area contributed by atoms with Crippen LogP contribution in [0.5, 0.6) is 0 Å². The molecular formula is C29H41N5O5S. The van der Waals surface area contributed by atoms with Crippen molar-refractivity contribution in [3.8, 4) is 0 Å². The Morgan fingerprint density at radius 1 is 1.27 bits per heavy atom. The Morgan fingerprint density at radius 3 is 2.62 bits per heavy atom. The summed E-state index contributed by atoms with van der Waals surface area (Å²) in [5.74, 6) is 0.304. The molecule has 11 heteroatoms. The van der Waals surface area contributed by atoms with E-state index in [-0.39, 0.29) is 23.7 Å². The van der Waals surface area contributed by atoms with E-state index in [1.165, 1.54) is 31.8 Å². The number of carbonyl (C=O) groups excluding carboxylic acids is 3. The Hall–Kier alpha value is -3.05. The van der Waals surface area contributed by atoms with E-state index in [0.29, 0.717) is 49.0 Å². The molecule has 2 heterocycles. The highest BCUT2D eigenvalue weighted by Crippen LogP contribution is 2.35. The quantitative estimate of drug-likeness (QED) is 0.123. The van der Waals surface area contributed by atoms with Gasteiger partial charge in [-0.1, -0.05) is 25.8 Å². The molecule has 0 bridgehead atoms. The summed E-state index contributed by atoms with van der Waals surface area (Å²) >= 11 is -1.31. The fourth-order valence-electron chi connectivity index (χ4n) is 5.46. The van der Waals surface area contributed by atoms with Crippen LogP contribution in [0.3, 0.4) is 0 Å². The van der Waals surface area contributed by atoms with Gasteiger partial charge in [-0.3, -0.25) is 14.4 Å². The molecule has 10 nitrogen and oxygen atoms in total. The number of nitrogens with zero attached hydrogens (tertiary/aromatic N) is 3. The Morgan fingerprint density at radius 2 is 2.02 bits per heavy atom. The number of rotatable bonds is 13. The average Bonchev–Trinajstić information content (AvgIpc) is 3.74. The fraction of sp³-hybridized carbons (Fsp3) is 0.586. The molecule has 0 aromatic heterocycles. The molecule has 1 aromatic carbocycles. The third-order valence-electron chi connectivity index (χ3n) is 7.90. The van der Waals surface area contributed by atoms with Crippen molar-refractivity contribution in [3.05, 3.63) is 40.7 Å². The van der Waals surface area contributed by atoms with Crippen LogP contribution in [-0.4, -0.2) is 72.8 Å². The molecule has 2 atom stereocenters. The van der Waals surface area contributed by atoms with Gasteiger partial charge in [0.2, 0.25) is 0 Å². The normalized spacial score (nSPS) is 21.1. The Kier molecular flexibility index (Phi) is 10.1. The SMILES string of the molecule is C=NN(CCC1CC1)/C(NC(=O)C[S+](C)[O-])=C1\CCC(c2ccc(N3CC(CC(=O)OC)C3)cc2CC)NC1=O. The number of benzene rings is 1. The van der Waals surface area contributed by atoms with Gasteiger partial charge in [0, 0.05) is 38.0 Å². The van der Waals surface area contributed by atoms with Crippen LogP contribution in [0, 0.1) is 11.8 Å². The molecule has 3 fully saturated rings. The molecule has 0 spiro atoms.